The smallest absolute Gasteiger partial charge is 0.0619 e. The molecule has 1 heterocycles. The van der Waals surface area contributed by atoms with Gasteiger partial charge in [0.2, 0.25) is 0 Å². The zero-order valence-electron chi connectivity index (χ0n) is 30.7. The lowest BCUT2D eigenvalue weighted by atomic mass is 10.00. The van der Waals surface area contributed by atoms with Crippen LogP contribution in [0.2, 0.25) is 0 Å². The molecule has 2 heteroatoms. The minimum atomic E-state index is 1.11. The van der Waals surface area contributed by atoms with E-state index in [1.807, 2.05) is 0 Å². The van der Waals surface area contributed by atoms with Crippen molar-refractivity contribution in [2.24, 2.45) is 0 Å². The zero-order valence-corrected chi connectivity index (χ0v) is 30.7. The Labute approximate surface area is 325 Å². The van der Waals surface area contributed by atoms with Gasteiger partial charge in [-0.2, -0.15) is 0 Å². The maximum Gasteiger partial charge on any atom is 0.0619 e. The predicted molar refractivity (Wildman–Crippen MR) is 239 cm³/mol. The molecule has 0 aliphatic carbocycles. The summed E-state index contributed by atoms with van der Waals surface area (Å²) in [5.74, 6) is 0. The number of benzene rings is 10. The van der Waals surface area contributed by atoms with Gasteiger partial charge in [-0.3, -0.25) is 0 Å². The third-order valence-electron chi connectivity index (χ3n) is 11.3. The molecule has 0 N–H and O–H groups in total. The maximum atomic E-state index is 2.44. The van der Waals surface area contributed by atoms with Crippen LogP contribution in [0.15, 0.2) is 218 Å². The molecule has 0 saturated heterocycles. The Hall–Kier alpha value is -7.42. The molecule has 262 valence electrons. The van der Waals surface area contributed by atoms with E-state index in [-0.39, 0.29) is 0 Å². The van der Waals surface area contributed by atoms with Crippen LogP contribution in [0.3, 0.4) is 0 Å². The van der Waals surface area contributed by atoms with Gasteiger partial charge in [-0.1, -0.05) is 152 Å². The van der Waals surface area contributed by atoms with Crippen molar-refractivity contribution in [1.82, 2.24) is 4.57 Å². The summed E-state index contributed by atoms with van der Waals surface area (Å²) in [6, 6.07) is 79.4. The van der Waals surface area contributed by atoms with Gasteiger partial charge in [-0.25, -0.2) is 0 Å². The molecule has 0 fully saturated rings. The fourth-order valence-corrected chi connectivity index (χ4v) is 8.55. The summed E-state index contributed by atoms with van der Waals surface area (Å²) in [7, 11) is 0. The monoisotopic (exact) mass is 712 g/mol. The van der Waals surface area contributed by atoms with Gasteiger partial charge in [0, 0.05) is 38.9 Å². The second-order valence-corrected chi connectivity index (χ2v) is 14.6. The molecule has 0 aliphatic rings. The van der Waals surface area contributed by atoms with E-state index in [0.717, 1.165) is 17.1 Å². The number of aromatic nitrogens is 1. The van der Waals surface area contributed by atoms with Gasteiger partial charge >= 0.3 is 0 Å². The maximum absolute atomic E-state index is 2.44. The van der Waals surface area contributed by atoms with Gasteiger partial charge in [0.1, 0.15) is 0 Å². The molecule has 11 aromatic rings. The highest BCUT2D eigenvalue weighted by molar-refractivity contribution is 6.18. The largest absolute Gasteiger partial charge is 0.311 e. The van der Waals surface area contributed by atoms with Gasteiger partial charge in [-0.15, -0.1) is 0 Å². The molecule has 10 aromatic carbocycles. The Balaban J connectivity index is 0.929. The van der Waals surface area contributed by atoms with Crippen LogP contribution < -0.4 is 4.90 Å². The molecule has 0 saturated carbocycles. The molecule has 56 heavy (non-hydrogen) atoms. The zero-order chi connectivity index (χ0) is 37.0. The number of rotatable bonds is 6. The average Bonchev–Trinajstić information content (AvgIpc) is 3.62. The molecular weight excluding hydrogens is 677 g/mol. The van der Waals surface area contributed by atoms with Crippen LogP contribution in [0.1, 0.15) is 0 Å². The van der Waals surface area contributed by atoms with Crippen molar-refractivity contribution < 1.29 is 0 Å². The molecule has 0 aliphatic heterocycles. The fourth-order valence-electron chi connectivity index (χ4n) is 8.55. The lowest BCUT2D eigenvalue weighted by Crippen LogP contribution is -2.09. The van der Waals surface area contributed by atoms with Crippen LogP contribution in [0.4, 0.5) is 17.1 Å². The molecule has 1 aromatic heterocycles. The molecule has 0 spiro atoms. The molecule has 0 amide bonds. The van der Waals surface area contributed by atoms with Crippen molar-refractivity contribution in [3.8, 4) is 27.9 Å². The summed E-state index contributed by atoms with van der Waals surface area (Å²) >= 11 is 0. The highest BCUT2D eigenvalue weighted by Crippen LogP contribution is 2.39. The lowest BCUT2D eigenvalue weighted by Gasteiger charge is -2.26. The minimum absolute atomic E-state index is 1.11. The number of para-hydroxylation sites is 2. The number of hydrogen-bond acceptors (Lipinski definition) is 1. The van der Waals surface area contributed by atoms with E-state index in [4.69, 9.17) is 0 Å². The van der Waals surface area contributed by atoms with Crippen molar-refractivity contribution in [2.75, 3.05) is 4.90 Å². The van der Waals surface area contributed by atoms with Crippen LogP contribution in [0.5, 0.6) is 0 Å². The van der Waals surface area contributed by atoms with Crippen molar-refractivity contribution in [3.05, 3.63) is 218 Å². The number of anilines is 3. The van der Waals surface area contributed by atoms with E-state index >= 15 is 0 Å². The molecule has 0 radical (unpaired) electrons. The van der Waals surface area contributed by atoms with Crippen molar-refractivity contribution in [1.29, 1.82) is 0 Å². The Morgan fingerprint density at radius 1 is 0.286 bits per heavy atom. The summed E-state index contributed by atoms with van der Waals surface area (Å²) in [6.07, 6.45) is 0. The van der Waals surface area contributed by atoms with Crippen LogP contribution in [0, 0.1) is 0 Å². The molecular formula is C54H36N2. The number of nitrogens with zero attached hydrogens (tertiary/aromatic N) is 2. The summed E-state index contributed by atoms with van der Waals surface area (Å²) in [5.41, 5.74) is 11.8. The minimum Gasteiger partial charge on any atom is -0.311 e. The Kier molecular flexibility index (Phi) is 7.53. The van der Waals surface area contributed by atoms with Crippen LogP contribution >= 0.6 is 0 Å². The van der Waals surface area contributed by atoms with Crippen molar-refractivity contribution in [3.63, 3.8) is 0 Å². The fraction of sp³-hybridized carbons (Fsp3) is 0. The normalized spacial score (nSPS) is 11.6. The summed E-state index contributed by atoms with van der Waals surface area (Å²) in [5, 5.41) is 10.0. The first-order valence-electron chi connectivity index (χ1n) is 19.3. The quantitative estimate of drug-likeness (QED) is 0.167. The van der Waals surface area contributed by atoms with E-state index in [1.165, 1.54) is 82.1 Å². The first kappa shape index (κ1) is 32.0. The van der Waals surface area contributed by atoms with Gasteiger partial charge in [0.15, 0.2) is 0 Å². The third kappa shape index (κ3) is 5.42. The van der Waals surface area contributed by atoms with Crippen molar-refractivity contribution in [2.45, 2.75) is 0 Å². The standard InChI is InChI=1S/C54H36N2/c1-2-13-46(14-3-1)55(47-28-22-38(23-29-47)42-19-18-37-10-4-5-12-41(37)34-42)48-30-24-39(25-31-48)43-20-21-45-36-49(32-26-44(45)35-43)56-53-17-9-8-16-51(53)52-33-27-40-11-6-7-15-50(40)54(52)56/h1-36H. The van der Waals surface area contributed by atoms with Crippen LogP contribution in [-0.2, 0) is 0 Å². The van der Waals surface area contributed by atoms with E-state index in [9.17, 15) is 0 Å². The SMILES string of the molecule is c1ccc(N(c2ccc(-c3ccc4ccccc4c3)cc2)c2ccc(-c3ccc4cc(-n5c6ccccc6c6ccc7ccccc7c65)ccc4c3)cc2)cc1. The first-order valence-corrected chi connectivity index (χ1v) is 19.3. The third-order valence-corrected chi connectivity index (χ3v) is 11.3. The summed E-state index contributed by atoms with van der Waals surface area (Å²) < 4.78 is 2.44. The van der Waals surface area contributed by atoms with Crippen LogP contribution in [-0.4, -0.2) is 4.57 Å². The first-order chi connectivity index (χ1) is 27.7. The highest BCUT2D eigenvalue weighted by atomic mass is 15.1. The van der Waals surface area contributed by atoms with E-state index in [1.54, 1.807) is 0 Å². The molecule has 0 atom stereocenters. The number of fused-ring (bicyclic) bond motifs is 7. The molecule has 0 bridgehead atoms. The summed E-state index contributed by atoms with van der Waals surface area (Å²) in [6.45, 7) is 0. The Morgan fingerprint density at radius 3 is 1.48 bits per heavy atom. The molecule has 0 unspecified atom stereocenters. The molecule has 2 nitrogen and oxygen atoms in total. The van der Waals surface area contributed by atoms with Crippen molar-refractivity contribution >= 4 is 71.2 Å². The second kappa shape index (κ2) is 13.2. The number of hydrogen-bond donors (Lipinski definition) is 0. The lowest BCUT2D eigenvalue weighted by molar-refractivity contribution is 1.19. The van der Waals surface area contributed by atoms with Gasteiger partial charge in [0.25, 0.3) is 0 Å². The average molecular weight is 713 g/mol. The van der Waals surface area contributed by atoms with Gasteiger partial charge < -0.3 is 9.47 Å². The van der Waals surface area contributed by atoms with E-state index in [0.29, 0.717) is 0 Å². The predicted octanol–water partition coefficient (Wildman–Crippen LogP) is 15.0. The van der Waals surface area contributed by atoms with Gasteiger partial charge in [-0.05, 0) is 116 Å². The van der Waals surface area contributed by atoms with E-state index in [2.05, 4.69) is 228 Å². The van der Waals surface area contributed by atoms with Gasteiger partial charge in [0.05, 0.1) is 11.0 Å². The topological polar surface area (TPSA) is 8.17 Å². The highest BCUT2D eigenvalue weighted by Gasteiger charge is 2.16. The Bertz CT molecular complexity index is 3230. The second-order valence-electron chi connectivity index (χ2n) is 14.6. The van der Waals surface area contributed by atoms with Crippen LogP contribution in [0.25, 0.3) is 82.1 Å². The Morgan fingerprint density at radius 2 is 0.768 bits per heavy atom. The molecule has 11 rings (SSSR count). The summed E-state index contributed by atoms with van der Waals surface area (Å²) in [4.78, 5) is 2.33. The van der Waals surface area contributed by atoms with E-state index < -0.39 is 0 Å².